The Labute approximate surface area is 153 Å². The van der Waals surface area contributed by atoms with E-state index in [4.69, 9.17) is 34.8 Å². The quantitative estimate of drug-likeness (QED) is 0.725. The van der Waals surface area contributed by atoms with E-state index < -0.39 is 5.82 Å². The third kappa shape index (κ3) is 3.43. The number of amides is 1. The van der Waals surface area contributed by atoms with Crippen LogP contribution in [0.15, 0.2) is 30.3 Å². The molecule has 1 amide bonds. The van der Waals surface area contributed by atoms with E-state index in [1.54, 1.807) is 23.1 Å². The minimum atomic E-state index is -0.515. The molecule has 0 unspecified atom stereocenters. The molecule has 0 radical (unpaired) electrons. The molecule has 0 spiro atoms. The Kier molecular flexibility index (Phi) is 5.13. The van der Waals surface area contributed by atoms with Gasteiger partial charge in [-0.1, -0.05) is 46.9 Å². The van der Waals surface area contributed by atoms with E-state index in [1.165, 1.54) is 12.1 Å². The van der Waals surface area contributed by atoms with Crippen LogP contribution in [0.1, 0.15) is 10.4 Å². The van der Waals surface area contributed by atoms with Crippen molar-refractivity contribution in [2.45, 2.75) is 0 Å². The van der Waals surface area contributed by atoms with Crippen LogP contribution in [-0.4, -0.2) is 42.0 Å². The number of aromatic nitrogens is 1. The molecule has 1 aliphatic heterocycles. The molecule has 0 aliphatic carbocycles. The number of piperazine rings is 1. The Morgan fingerprint density at radius 1 is 1.04 bits per heavy atom. The van der Waals surface area contributed by atoms with Gasteiger partial charge in [0.1, 0.15) is 16.8 Å². The second-order valence-corrected chi connectivity index (χ2v) is 6.50. The molecule has 24 heavy (non-hydrogen) atoms. The third-order valence-electron chi connectivity index (χ3n) is 3.84. The molecule has 1 fully saturated rings. The number of benzene rings is 1. The molecule has 0 bridgehead atoms. The van der Waals surface area contributed by atoms with E-state index >= 15 is 0 Å². The third-order valence-corrected chi connectivity index (χ3v) is 4.79. The van der Waals surface area contributed by atoms with Crippen molar-refractivity contribution in [2.24, 2.45) is 0 Å². The van der Waals surface area contributed by atoms with Gasteiger partial charge in [0.15, 0.2) is 0 Å². The molecule has 0 N–H and O–H groups in total. The first-order chi connectivity index (χ1) is 11.5. The molecule has 1 saturated heterocycles. The summed E-state index contributed by atoms with van der Waals surface area (Å²) in [5, 5.41) is 0.873. The molecule has 4 nitrogen and oxygen atoms in total. The van der Waals surface area contributed by atoms with Gasteiger partial charge in [0.05, 0.1) is 15.6 Å². The number of pyridine rings is 1. The van der Waals surface area contributed by atoms with Crippen molar-refractivity contribution in [3.05, 3.63) is 56.9 Å². The molecule has 2 aromatic rings. The zero-order valence-electron chi connectivity index (χ0n) is 12.5. The van der Waals surface area contributed by atoms with Crippen LogP contribution in [0.5, 0.6) is 0 Å². The van der Waals surface area contributed by atoms with E-state index in [1.807, 2.05) is 4.90 Å². The number of carbonyl (C=O) groups is 1. The first-order valence-electron chi connectivity index (χ1n) is 7.27. The first-order valence-corrected chi connectivity index (χ1v) is 8.41. The van der Waals surface area contributed by atoms with E-state index in [0.717, 1.165) is 0 Å². The molecule has 1 aliphatic rings. The van der Waals surface area contributed by atoms with Crippen molar-refractivity contribution in [2.75, 3.05) is 31.1 Å². The summed E-state index contributed by atoms with van der Waals surface area (Å²) in [6, 6.07) is 7.52. The highest BCUT2D eigenvalue weighted by atomic mass is 35.5. The van der Waals surface area contributed by atoms with Gasteiger partial charge < -0.3 is 9.80 Å². The van der Waals surface area contributed by atoms with Crippen LogP contribution in [0.25, 0.3) is 0 Å². The van der Waals surface area contributed by atoms with E-state index in [9.17, 15) is 9.18 Å². The minimum Gasteiger partial charge on any atom is -0.352 e. The van der Waals surface area contributed by atoms with Gasteiger partial charge in [0, 0.05) is 26.2 Å². The monoisotopic (exact) mass is 387 g/mol. The van der Waals surface area contributed by atoms with Crippen LogP contribution in [0.2, 0.25) is 15.2 Å². The number of hydrogen-bond donors (Lipinski definition) is 0. The number of anilines is 1. The predicted octanol–water partition coefficient (Wildman–Crippen LogP) is 4.14. The summed E-state index contributed by atoms with van der Waals surface area (Å²) in [6.45, 7) is 1.91. The van der Waals surface area contributed by atoms with Gasteiger partial charge in [-0.2, -0.15) is 0 Å². The summed E-state index contributed by atoms with van der Waals surface area (Å²) in [6.07, 6.45) is 0. The molecule has 126 valence electrons. The maximum absolute atomic E-state index is 13.8. The second kappa shape index (κ2) is 7.13. The summed E-state index contributed by atoms with van der Waals surface area (Å²) < 4.78 is 13.8. The number of nitrogens with zero attached hydrogens (tertiary/aromatic N) is 3. The molecule has 3 rings (SSSR count). The minimum absolute atomic E-state index is 0.0802. The molecule has 0 saturated carbocycles. The van der Waals surface area contributed by atoms with Crippen molar-refractivity contribution in [1.82, 2.24) is 9.88 Å². The van der Waals surface area contributed by atoms with Gasteiger partial charge in [-0.3, -0.25) is 4.79 Å². The largest absolute Gasteiger partial charge is 0.352 e. The van der Waals surface area contributed by atoms with Crippen molar-refractivity contribution >= 4 is 46.5 Å². The lowest BCUT2D eigenvalue weighted by molar-refractivity contribution is 0.0742. The number of hydrogen-bond acceptors (Lipinski definition) is 3. The van der Waals surface area contributed by atoms with Crippen LogP contribution >= 0.6 is 34.8 Å². The molecule has 8 heteroatoms. The fraction of sp³-hybridized carbons (Fsp3) is 0.250. The molecule has 1 aromatic heterocycles. The topological polar surface area (TPSA) is 36.4 Å². The van der Waals surface area contributed by atoms with E-state index in [-0.39, 0.29) is 16.6 Å². The Morgan fingerprint density at radius 2 is 1.71 bits per heavy atom. The fourth-order valence-corrected chi connectivity index (χ4v) is 3.20. The van der Waals surface area contributed by atoms with Gasteiger partial charge in [-0.05, 0) is 18.2 Å². The Morgan fingerprint density at radius 3 is 2.38 bits per heavy atom. The second-order valence-electron chi connectivity index (χ2n) is 5.33. The zero-order chi connectivity index (χ0) is 17.3. The standard InChI is InChI=1S/C16H13Cl3FN3O/c17-11-9-12(18)15(21-14(11)19)22-5-7-23(8-6-22)16(24)10-3-1-2-4-13(10)20/h1-4,9H,5-8H2. The van der Waals surface area contributed by atoms with Gasteiger partial charge >= 0.3 is 0 Å². The van der Waals surface area contributed by atoms with Crippen LogP contribution in [0, 0.1) is 5.82 Å². The molecule has 1 aromatic carbocycles. The highest BCUT2D eigenvalue weighted by molar-refractivity contribution is 6.42. The number of rotatable bonds is 2. The van der Waals surface area contributed by atoms with E-state index in [0.29, 0.717) is 42.0 Å². The van der Waals surface area contributed by atoms with Crippen LogP contribution in [-0.2, 0) is 0 Å². The van der Waals surface area contributed by atoms with Crippen molar-refractivity contribution in [1.29, 1.82) is 0 Å². The van der Waals surface area contributed by atoms with Gasteiger partial charge in [-0.25, -0.2) is 9.37 Å². The highest BCUT2D eigenvalue weighted by Crippen LogP contribution is 2.31. The molecule has 0 atom stereocenters. The zero-order valence-corrected chi connectivity index (χ0v) is 14.7. The summed E-state index contributed by atoms with van der Waals surface area (Å²) in [5.74, 6) is -0.302. The predicted molar refractivity (Wildman–Crippen MR) is 93.8 cm³/mol. The summed E-state index contributed by atoms with van der Waals surface area (Å²) in [5.41, 5.74) is 0.0802. The van der Waals surface area contributed by atoms with Gasteiger partial charge in [0.2, 0.25) is 0 Å². The Hall–Kier alpha value is -1.56. The lowest BCUT2D eigenvalue weighted by Gasteiger charge is -2.35. The van der Waals surface area contributed by atoms with E-state index in [2.05, 4.69) is 4.98 Å². The van der Waals surface area contributed by atoms with Crippen LogP contribution < -0.4 is 4.90 Å². The van der Waals surface area contributed by atoms with Crippen LogP contribution in [0.4, 0.5) is 10.2 Å². The van der Waals surface area contributed by atoms with Crippen LogP contribution in [0.3, 0.4) is 0 Å². The van der Waals surface area contributed by atoms with Crippen molar-refractivity contribution < 1.29 is 9.18 Å². The maximum Gasteiger partial charge on any atom is 0.256 e. The molecule has 2 heterocycles. The number of halogens is 4. The van der Waals surface area contributed by atoms with Gasteiger partial charge in [0.25, 0.3) is 5.91 Å². The molecular weight excluding hydrogens is 376 g/mol. The summed E-state index contributed by atoms with van der Waals surface area (Å²) in [4.78, 5) is 20.2. The normalized spacial score (nSPS) is 14.8. The molecular formula is C16H13Cl3FN3O. The fourth-order valence-electron chi connectivity index (χ4n) is 2.58. The lowest BCUT2D eigenvalue weighted by Crippen LogP contribution is -2.49. The lowest BCUT2D eigenvalue weighted by atomic mass is 10.1. The summed E-state index contributed by atoms with van der Waals surface area (Å²) >= 11 is 18.0. The SMILES string of the molecule is O=C(c1ccccc1F)N1CCN(c2nc(Cl)c(Cl)cc2Cl)CC1. The van der Waals surface area contributed by atoms with Gasteiger partial charge in [-0.15, -0.1) is 0 Å². The van der Waals surface area contributed by atoms with Crippen molar-refractivity contribution in [3.8, 4) is 0 Å². The van der Waals surface area contributed by atoms with Crippen molar-refractivity contribution in [3.63, 3.8) is 0 Å². The Balaban J connectivity index is 1.71. The first kappa shape index (κ1) is 17.3. The maximum atomic E-state index is 13.8. The number of carbonyl (C=O) groups excluding carboxylic acids is 1. The smallest absolute Gasteiger partial charge is 0.256 e. The summed E-state index contributed by atoms with van der Waals surface area (Å²) in [7, 11) is 0. The average molecular weight is 389 g/mol. The Bertz CT molecular complexity index is 779. The highest BCUT2D eigenvalue weighted by Gasteiger charge is 2.25. The average Bonchev–Trinajstić information content (AvgIpc) is 2.58.